The van der Waals surface area contributed by atoms with E-state index in [0.717, 1.165) is 22.7 Å². The zero-order chi connectivity index (χ0) is 15.1. The van der Waals surface area contributed by atoms with E-state index in [1.165, 1.54) is 18.5 Å². The van der Waals surface area contributed by atoms with Gasteiger partial charge in [0.1, 0.15) is 17.8 Å². The van der Waals surface area contributed by atoms with Crippen molar-refractivity contribution in [2.24, 2.45) is 0 Å². The number of methoxy groups -OCH3 is 1. The van der Waals surface area contributed by atoms with Crippen molar-refractivity contribution in [1.82, 2.24) is 25.0 Å². The van der Waals surface area contributed by atoms with Gasteiger partial charge in [-0.25, -0.2) is 0 Å². The molecule has 2 aromatic heterocycles. The third kappa shape index (κ3) is 2.16. The van der Waals surface area contributed by atoms with Gasteiger partial charge in [0.25, 0.3) is 0 Å². The normalized spacial score (nSPS) is 14.3. The summed E-state index contributed by atoms with van der Waals surface area (Å²) in [7, 11) is 1.66. The molecular formula is C16H17N5O. The number of nitrogens with one attached hydrogen (secondary N) is 1. The van der Waals surface area contributed by atoms with Gasteiger partial charge in [0.2, 0.25) is 0 Å². The lowest BCUT2D eigenvalue weighted by Gasteiger charge is -2.11. The highest BCUT2D eigenvalue weighted by Crippen LogP contribution is 2.40. The fourth-order valence-corrected chi connectivity index (χ4v) is 2.63. The second kappa shape index (κ2) is 4.98. The lowest BCUT2D eigenvalue weighted by Crippen LogP contribution is -2.00. The first-order valence-corrected chi connectivity index (χ1v) is 7.37. The summed E-state index contributed by atoms with van der Waals surface area (Å²) in [5.41, 5.74) is 4.05. The Labute approximate surface area is 128 Å². The van der Waals surface area contributed by atoms with Crippen LogP contribution in [0.3, 0.4) is 0 Å². The fraction of sp³-hybridized carbons (Fsp3) is 0.312. The molecule has 1 aliphatic rings. The first-order valence-electron chi connectivity index (χ1n) is 7.37. The molecule has 0 unspecified atom stereocenters. The van der Waals surface area contributed by atoms with E-state index in [0.29, 0.717) is 11.7 Å². The third-order valence-electron chi connectivity index (χ3n) is 3.99. The zero-order valence-corrected chi connectivity index (χ0v) is 12.6. The van der Waals surface area contributed by atoms with Gasteiger partial charge in [-0.1, -0.05) is 6.07 Å². The second-order valence-electron chi connectivity index (χ2n) is 5.68. The molecule has 22 heavy (non-hydrogen) atoms. The van der Waals surface area contributed by atoms with Gasteiger partial charge in [-0.2, -0.15) is 5.10 Å². The van der Waals surface area contributed by atoms with Crippen molar-refractivity contribution >= 4 is 0 Å². The van der Waals surface area contributed by atoms with Crippen molar-refractivity contribution < 1.29 is 4.74 Å². The minimum absolute atomic E-state index is 0.631. The monoisotopic (exact) mass is 295 g/mol. The lowest BCUT2D eigenvalue weighted by atomic mass is 10.2. The number of nitrogens with zero attached hydrogens (tertiary/aromatic N) is 4. The first kappa shape index (κ1) is 13.1. The number of aromatic nitrogens is 5. The number of ether oxygens (including phenoxy) is 1. The summed E-state index contributed by atoms with van der Waals surface area (Å²) >= 11 is 0. The van der Waals surface area contributed by atoms with Crippen LogP contribution >= 0.6 is 0 Å². The van der Waals surface area contributed by atoms with Crippen LogP contribution < -0.4 is 4.74 Å². The Morgan fingerprint density at radius 1 is 1.27 bits per heavy atom. The van der Waals surface area contributed by atoms with Gasteiger partial charge in [-0.15, -0.1) is 10.2 Å². The van der Waals surface area contributed by atoms with Crippen molar-refractivity contribution in [3.05, 3.63) is 41.9 Å². The molecular weight excluding hydrogens is 278 g/mol. The van der Waals surface area contributed by atoms with E-state index >= 15 is 0 Å². The average Bonchev–Trinajstić information content (AvgIpc) is 3.08. The molecule has 1 N–H and O–H groups in total. The maximum atomic E-state index is 5.46. The van der Waals surface area contributed by atoms with E-state index in [9.17, 15) is 0 Å². The molecule has 1 fully saturated rings. The standard InChI is InChI=1S/C16H17N5O/c1-10-3-6-15(22-2)14(7-10)21-9-17-20-16(21)13-8-12(18-19-13)11-4-5-11/h3,6-9,11H,4-5H2,1-2H3,(H,18,19). The van der Waals surface area contributed by atoms with Crippen LogP contribution in [0.2, 0.25) is 0 Å². The molecule has 0 atom stereocenters. The van der Waals surface area contributed by atoms with Crippen molar-refractivity contribution in [3.63, 3.8) is 0 Å². The van der Waals surface area contributed by atoms with E-state index in [-0.39, 0.29) is 0 Å². The van der Waals surface area contributed by atoms with Crippen molar-refractivity contribution in [3.8, 4) is 23.0 Å². The van der Waals surface area contributed by atoms with Crippen LogP contribution in [0.1, 0.15) is 30.0 Å². The van der Waals surface area contributed by atoms with Crippen LogP contribution in [0.15, 0.2) is 30.6 Å². The van der Waals surface area contributed by atoms with Crippen LogP contribution in [0.25, 0.3) is 17.2 Å². The molecule has 0 spiro atoms. The van der Waals surface area contributed by atoms with Gasteiger partial charge in [0.15, 0.2) is 5.82 Å². The van der Waals surface area contributed by atoms with Crippen molar-refractivity contribution in [1.29, 1.82) is 0 Å². The summed E-state index contributed by atoms with van der Waals surface area (Å²) in [5, 5.41) is 15.8. The molecule has 0 amide bonds. The molecule has 112 valence electrons. The van der Waals surface area contributed by atoms with Gasteiger partial charge >= 0.3 is 0 Å². The van der Waals surface area contributed by atoms with Crippen molar-refractivity contribution in [2.45, 2.75) is 25.7 Å². The van der Waals surface area contributed by atoms with Crippen molar-refractivity contribution in [2.75, 3.05) is 7.11 Å². The quantitative estimate of drug-likeness (QED) is 0.803. The van der Waals surface area contributed by atoms with Crippen LogP contribution in [0, 0.1) is 6.92 Å². The SMILES string of the molecule is COc1ccc(C)cc1-n1cnnc1-c1cc(C2CC2)[nH]n1. The Morgan fingerprint density at radius 3 is 2.91 bits per heavy atom. The van der Waals surface area contributed by atoms with Gasteiger partial charge in [-0.3, -0.25) is 9.67 Å². The van der Waals surface area contributed by atoms with Gasteiger partial charge in [0.05, 0.1) is 12.8 Å². The number of hydrogen-bond acceptors (Lipinski definition) is 4. The number of H-pyrrole nitrogens is 1. The molecule has 6 nitrogen and oxygen atoms in total. The summed E-state index contributed by atoms with van der Waals surface area (Å²) in [5.74, 6) is 2.13. The molecule has 1 aromatic carbocycles. The highest BCUT2D eigenvalue weighted by atomic mass is 16.5. The predicted octanol–water partition coefficient (Wildman–Crippen LogP) is 2.85. The highest BCUT2D eigenvalue weighted by Gasteiger charge is 2.26. The Bertz CT molecular complexity index is 816. The van der Waals surface area contributed by atoms with Crippen LogP contribution in [-0.2, 0) is 0 Å². The molecule has 6 heteroatoms. The van der Waals surface area contributed by atoms with Gasteiger partial charge in [0, 0.05) is 11.6 Å². The summed E-state index contributed by atoms with van der Waals surface area (Å²) in [6.07, 6.45) is 4.16. The van der Waals surface area contributed by atoms with Gasteiger partial charge < -0.3 is 4.74 Å². The number of rotatable bonds is 4. The number of aryl methyl sites for hydroxylation is 1. The summed E-state index contributed by atoms with van der Waals surface area (Å²) in [6.45, 7) is 2.05. The Kier molecular flexibility index (Phi) is 2.96. The Hall–Kier alpha value is -2.63. The molecule has 2 heterocycles. The smallest absolute Gasteiger partial charge is 0.189 e. The predicted molar refractivity (Wildman–Crippen MR) is 82.2 cm³/mol. The Morgan fingerprint density at radius 2 is 2.14 bits per heavy atom. The van der Waals surface area contributed by atoms with E-state index in [1.807, 2.05) is 23.6 Å². The molecule has 1 aliphatic carbocycles. The zero-order valence-electron chi connectivity index (χ0n) is 12.6. The molecule has 0 saturated heterocycles. The van der Waals surface area contributed by atoms with E-state index < -0.39 is 0 Å². The van der Waals surface area contributed by atoms with Gasteiger partial charge in [-0.05, 0) is 43.5 Å². The number of hydrogen-bond donors (Lipinski definition) is 1. The van der Waals surface area contributed by atoms with Crippen LogP contribution in [-0.4, -0.2) is 32.1 Å². The minimum Gasteiger partial charge on any atom is -0.495 e. The number of benzene rings is 1. The van der Waals surface area contributed by atoms with Crippen LogP contribution in [0.5, 0.6) is 5.75 Å². The molecule has 3 aromatic rings. The van der Waals surface area contributed by atoms with Crippen LogP contribution in [0.4, 0.5) is 0 Å². The van der Waals surface area contributed by atoms with E-state index in [2.05, 4.69) is 32.5 Å². The molecule has 0 aliphatic heterocycles. The Balaban J connectivity index is 1.80. The maximum absolute atomic E-state index is 5.46. The molecule has 1 saturated carbocycles. The summed E-state index contributed by atoms with van der Waals surface area (Å²) in [4.78, 5) is 0. The molecule has 0 radical (unpaired) electrons. The minimum atomic E-state index is 0.631. The van der Waals surface area contributed by atoms with E-state index in [4.69, 9.17) is 4.74 Å². The summed E-state index contributed by atoms with van der Waals surface area (Å²) in [6, 6.07) is 8.10. The summed E-state index contributed by atoms with van der Waals surface area (Å²) < 4.78 is 7.38. The average molecular weight is 295 g/mol. The largest absolute Gasteiger partial charge is 0.495 e. The van der Waals surface area contributed by atoms with E-state index in [1.54, 1.807) is 13.4 Å². The fourth-order valence-electron chi connectivity index (χ4n) is 2.63. The second-order valence-corrected chi connectivity index (χ2v) is 5.68. The first-order chi connectivity index (χ1) is 10.8. The molecule has 4 rings (SSSR count). The number of aromatic amines is 1. The topological polar surface area (TPSA) is 68.6 Å². The highest BCUT2D eigenvalue weighted by molar-refractivity contribution is 5.58. The lowest BCUT2D eigenvalue weighted by molar-refractivity contribution is 0.413. The third-order valence-corrected chi connectivity index (χ3v) is 3.99. The maximum Gasteiger partial charge on any atom is 0.189 e. The molecule has 0 bridgehead atoms.